The molecule has 2 aliphatic carbocycles. The molecule has 0 amide bonds. The summed E-state index contributed by atoms with van der Waals surface area (Å²) < 4.78 is 0. The van der Waals surface area contributed by atoms with Gasteiger partial charge in [-0.05, 0) is 222 Å². The molecular formula is C78H68N2. The third kappa shape index (κ3) is 6.26. The topological polar surface area (TPSA) is 6.48 Å². The third-order valence-electron chi connectivity index (χ3n) is 22.1. The first-order chi connectivity index (χ1) is 39.0. The summed E-state index contributed by atoms with van der Waals surface area (Å²) in [6.07, 6.45) is 7.26. The van der Waals surface area contributed by atoms with Crippen LogP contribution in [0.2, 0.25) is 0 Å². The van der Waals surface area contributed by atoms with Gasteiger partial charge >= 0.3 is 0 Å². The Morgan fingerprint density at radius 2 is 0.713 bits per heavy atom. The first kappa shape index (κ1) is 47.8. The van der Waals surface area contributed by atoms with Gasteiger partial charge in [-0.15, -0.1) is 0 Å². The second-order valence-corrected chi connectivity index (χ2v) is 25.4. The monoisotopic (exact) mass is 1030 g/mol. The van der Waals surface area contributed by atoms with Crippen LogP contribution < -0.4 is 9.80 Å². The van der Waals surface area contributed by atoms with Gasteiger partial charge in [0.05, 0.1) is 11.1 Å². The smallest absolute Gasteiger partial charge is 0.0543 e. The normalized spacial score (nSPS) is 24.2. The van der Waals surface area contributed by atoms with E-state index in [1.54, 1.807) is 0 Å². The van der Waals surface area contributed by atoms with Crippen molar-refractivity contribution in [2.45, 2.75) is 102 Å². The van der Waals surface area contributed by atoms with Crippen LogP contribution in [0.4, 0.5) is 22.7 Å². The van der Waals surface area contributed by atoms with Crippen LogP contribution >= 0.6 is 0 Å². The fourth-order valence-corrected chi connectivity index (χ4v) is 17.4. The fraction of sp³-hybridized carbons (Fsp3) is 0.231. The maximum Gasteiger partial charge on any atom is 0.0543 e. The quantitative estimate of drug-likeness (QED) is 0.153. The molecule has 4 aliphatic rings. The van der Waals surface area contributed by atoms with Gasteiger partial charge in [0.1, 0.15) is 0 Å². The van der Waals surface area contributed by atoms with Crippen molar-refractivity contribution in [1.29, 1.82) is 0 Å². The van der Waals surface area contributed by atoms with Crippen LogP contribution in [-0.4, -0.2) is 11.1 Å². The molecular weight excluding hydrogens is 965 g/mol. The van der Waals surface area contributed by atoms with E-state index < -0.39 is 0 Å². The lowest BCUT2D eigenvalue weighted by molar-refractivity contribution is 0.130. The first-order valence-corrected chi connectivity index (χ1v) is 29.8. The first-order valence-electron chi connectivity index (χ1n) is 29.8. The van der Waals surface area contributed by atoms with Gasteiger partial charge < -0.3 is 9.80 Å². The lowest BCUT2D eigenvalue weighted by atomic mass is 9.57. The largest absolute Gasteiger partial charge is 0.334 e. The SMILES string of the molecule is CC1CCCC2(C)c3cc(-c4cc(-c5cccc6ccccc56)c5ccc6c(-c7ccc8c(c7)C7(C)CCCC(C)C7(C)N8c7ccccc7)cc(-c7cccc8ccccc78)c7ccc4c5c67)ccc3N(c3ccccc3)C12C. The molecule has 80 heavy (non-hydrogen) atoms. The van der Waals surface area contributed by atoms with Crippen LogP contribution in [0.3, 0.4) is 0 Å². The Morgan fingerprint density at radius 3 is 1.14 bits per heavy atom. The van der Waals surface area contributed by atoms with E-state index in [1.165, 1.54) is 158 Å². The molecule has 0 N–H and O–H groups in total. The molecule has 2 aliphatic heterocycles. The van der Waals surface area contributed by atoms with Crippen molar-refractivity contribution >= 4 is 76.6 Å². The van der Waals surface area contributed by atoms with Crippen LogP contribution in [0, 0.1) is 11.8 Å². The van der Waals surface area contributed by atoms with Crippen molar-refractivity contribution in [2.75, 3.05) is 9.80 Å². The summed E-state index contributed by atoms with van der Waals surface area (Å²) in [4.78, 5) is 5.46. The molecule has 0 radical (unpaired) electrons. The minimum Gasteiger partial charge on any atom is -0.334 e. The summed E-state index contributed by atoms with van der Waals surface area (Å²) in [6.45, 7) is 15.3. The van der Waals surface area contributed by atoms with E-state index in [-0.39, 0.29) is 21.9 Å². The molecule has 12 aromatic carbocycles. The minimum atomic E-state index is -0.0819. The molecule has 0 saturated heterocycles. The molecule has 6 unspecified atom stereocenters. The summed E-state index contributed by atoms with van der Waals surface area (Å²) in [5, 5.41) is 13.0. The molecule has 0 aromatic heterocycles. The standard InChI is InChI=1S/C78H68N2/c1-49-21-19-43-75(3)69-45-53(35-41-71(69)79(77(49,75)5)55-27-9-7-10-28-55)65-47-67(59-33-17-25-51-23-13-15-31-57(51)59)63-40-38-62-66(48-68(64-39-37-61(65)73(63)74(62)64)60-34-18-26-52-24-14-16-32-58(52)60)54-36-42-72-70(46-54)76(4)44-20-22-50(2)78(76,6)80(72)56-29-11-8-12-30-56/h7-18,23-42,45-50H,19-22,43-44H2,1-6H3. The van der Waals surface area contributed by atoms with Crippen LogP contribution in [0.15, 0.2) is 218 Å². The molecule has 2 saturated carbocycles. The number of rotatable bonds is 6. The third-order valence-corrected chi connectivity index (χ3v) is 22.1. The van der Waals surface area contributed by atoms with Gasteiger partial charge in [-0.1, -0.05) is 198 Å². The number of hydrogen-bond acceptors (Lipinski definition) is 2. The molecule has 2 heteroatoms. The number of fused-ring (bicyclic) bond motifs is 8. The predicted octanol–water partition coefficient (Wildman–Crippen LogP) is 21.5. The Balaban J connectivity index is 1.01. The molecule has 390 valence electrons. The molecule has 2 nitrogen and oxygen atoms in total. The van der Waals surface area contributed by atoms with Crippen LogP contribution in [0.5, 0.6) is 0 Å². The van der Waals surface area contributed by atoms with Crippen molar-refractivity contribution in [3.05, 3.63) is 230 Å². The van der Waals surface area contributed by atoms with E-state index in [2.05, 4.69) is 270 Å². The molecule has 0 bridgehead atoms. The van der Waals surface area contributed by atoms with Gasteiger partial charge in [0.15, 0.2) is 0 Å². The highest BCUT2D eigenvalue weighted by atomic mass is 15.3. The molecule has 6 atom stereocenters. The summed E-state index contributed by atoms with van der Waals surface area (Å²) in [5.74, 6) is 1.03. The number of para-hydroxylation sites is 2. The van der Waals surface area contributed by atoms with E-state index in [0.717, 1.165) is 12.8 Å². The molecule has 2 fully saturated rings. The Labute approximate surface area is 471 Å². The van der Waals surface area contributed by atoms with Crippen LogP contribution in [0.1, 0.15) is 91.2 Å². The van der Waals surface area contributed by atoms with E-state index in [1.807, 2.05) is 0 Å². The van der Waals surface area contributed by atoms with Crippen molar-refractivity contribution in [1.82, 2.24) is 0 Å². The number of benzene rings is 12. The van der Waals surface area contributed by atoms with E-state index >= 15 is 0 Å². The second kappa shape index (κ2) is 17.2. The van der Waals surface area contributed by atoms with Gasteiger partial charge in [0.25, 0.3) is 0 Å². The molecule has 12 aromatic rings. The highest BCUT2D eigenvalue weighted by Crippen LogP contribution is 2.65. The Kier molecular flexibility index (Phi) is 10.2. The van der Waals surface area contributed by atoms with Gasteiger partial charge in [-0.25, -0.2) is 0 Å². The zero-order chi connectivity index (χ0) is 53.9. The number of nitrogens with zero attached hydrogens (tertiary/aromatic N) is 2. The summed E-state index contributed by atoms with van der Waals surface area (Å²) in [5.41, 5.74) is 18.2. The molecule has 16 rings (SSSR count). The zero-order valence-corrected chi connectivity index (χ0v) is 47.1. The van der Waals surface area contributed by atoms with Gasteiger partial charge in [0, 0.05) is 33.6 Å². The van der Waals surface area contributed by atoms with Gasteiger partial charge in [0.2, 0.25) is 0 Å². The van der Waals surface area contributed by atoms with Gasteiger partial charge in [-0.3, -0.25) is 0 Å². The van der Waals surface area contributed by atoms with E-state index in [0.29, 0.717) is 11.8 Å². The number of hydrogen-bond donors (Lipinski definition) is 0. The minimum absolute atomic E-state index is 0.0471. The van der Waals surface area contributed by atoms with Crippen molar-refractivity contribution < 1.29 is 0 Å². The average molecular weight is 1030 g/mol. The summed E-state index contributed by atoms with van der Waals surface area (Å²) in [7, 11) is 0. The second-order valence-electron chi connectivity index (χ2n) is 25.4. The van der Waals surface area contributed by atoms with E-state index in [9.17, 15) is 0 Å². The van der Waals surface area contributed by atoms with Crippen LogP contribution in [0.25, 0.3) is 98.4 Å². The Bertz CT molecular complexity index is 4200. The fourth-order valence-electron chi connectivity index (χ4n) is 17.4. The summed E-state index contributed by atoms with van der Waals surface area (Å²) >= 11 is 0. The maximum absolute atomic E-state index is 2.73. The van der Waals surface area contributed by atoms with Crippen molar-refractivity contribution in [2.24, 2.45) is 11.8 Å². The van der Waals surface area contributed by atoms with E-state index in [4.69, 9.17) is 0 Å². The highest BCUT2D eigenvalue weighted by molar-refractivity contribution is 6.33. The Morgan fingerprint density at radius 1 is 0.338 bits per heavy atom. The lowest BCUT2D eigenvalue weighted by Crippen LogP contribution is -2.59. The van der Waals surface area contributed by atoms with Crippen molar-refractivity contribution in [3.8, 4) is 44.5 Å². The number of anilines is 4. The predicted molar refractivity (Wildman–Crippen MR) is 342 cm³/mol. The molecule has 0 spiro atoms. The average Bonchev–Trinajstić information content (AvgIpc) is 4.08. The Hall–Kier alpha value is -8.20. The van der Waals surface area contributed by atoms with Gasteiger partial charge in [-0.2, -0.15) is 0 Å². The molecule has 2 heterocycles. The zero-order valence-electron chi connectivity index (χ0n) is 47.1. The summed E-state index contributed by atoms with van der Waals surface area (Å²) in [6, 6.07) is 84.4. The highest BCUT2D eigenvalue weighted by Gasteiger charge is 2.62. The lowest BCUT2D eigenvalue weighted by Gasteiger charge is -2.54. The maximum atomic E-state index is 2.73. The van der Waals surface area contributed by atoms with Crippen molar-refractivity contribution in [3.63, 3.8) is 0 Å². The van der Waals surface area contributed by atoms with Crippen LogP contribution in [-0.2, 0) is 10.8 Å².